The average Bonchev–Trinajstić information content (AvgIpc) is 3.17. The van der Waals surface area contributed by atoms with Gasteiger partial charge in [-0.15, -0.1) is 0 Å². The van der Waals surface area contributed by atoms with Gasteiger partial charge in [0.15, 0.2) is 11.3 Å². The van der Waals surface area contributed by atoms with E-state index in [4.69, 9.17) is 5.26 Å². The van der Waals surface area contributed by atoms with Gasteiger partial charge in [-0.05, 0) is 61.5 Å². The molecule has 2 aromatic carbocycles. The minimum absolute atomic E-state index is 0.227. The fraction of sp³-hybridized carbons (Fsp3) is 0.160. The molecule has 4 aromatic rings. The number of nitriles is 1. The number of rotatable bonds is 8. The van der Waals surface area contributed by atoms with E-state index >= 15 is 0 Å². The van der Waals surface area contributed by atoms with E-state index in [1.54, 1.807) is 48.5 Å². The van der Waals surface area contributed by atoms with E-state index in [9.17, 15) is 14.7 Å². The maximum absolute atomic E-state index is 13.3. The van der Waals surface area contributed by atoms with Crippen LogP contribution < -0.4 is 10.6 Å². The highest BCUT2D eigenvalue weighted by atomic mass is 16.4. The fourth-order valence-corrected chi connectivity index (χ4v) is 3.58. The first kappa shape index (κ1) is 22.5. The summed E-state index contributed by atoms with van der Waals surface area (Å²) in [4.78, 5) is 34.0. The molecule has 0 aliphatic carbocycles. The number of nitrogens with one attached hydrogen (secondary N) is 2. The number of Topliss-reactive ketones (excluding diaryl/α,β-unsaturated/α-hetero) is 1. The number of imidazole rings is 1. The maximum atomic E-state index is 13.3. The molecule has 170 valence electrons. The number of carboxylic acids is 1. The van der Waals surface area contributed by atoms with Gasteiger partial charge in [-0.3, -0.25) is 4.79 Å². The third-order valence-electron chi connectivity index (χ3n) is 5.63. The molecule has 0 bridgehead atoms. The molecule has 0 radical (unpaired) electrons. The number of aryl methyl sites for hydroxylation is 1. The molecule has 0 saturated carbocycles. The lowest BCUT2D eigenvalue weighted by molar-refractivity contribution is -0.140. The van der Waals surface area contributed by atoms with Crippen molar-refractivity contribution in [2.24, 2.45) is 7.05 Å². The van der Waals surface area contributed by atoms with Gasteiger partial charge in [-0.2, -0.15) is 5.26 Å². The van der Waals surface area contributed by atoms with Crippen LogP contribution in [0.25, 0.3) is 11.0 Å². The van der Waals surface area contributed by atoms with Crippen LogP contribution in [-0.2, 0) is 18.4 Å². The Morgan fingerprint density at radius 1 is 1.15 bits per heavy atom. The molecule has 9 nitrogen and oxygen atoms in total. The molecule has 1 atom stereocenters. The number of aliphatic carboxylic acids is 1. The Bertz CT molecular complexity index is 1410. The van der Waals surface area contributed by atoms with Crippen molar-refractivity contribution in [2.45, 2.75) is 19.0 Å². The van der Waals surface area contributed by atoms with Crippen LogP contribution in [0, 0.1) is 11.3 Å². The second-order valence-electron chi connectivity index (χ2n) is 7.93. The van der Waals surface area contributed by atoms with E-state index in [0.29, 0.717) is 17.6 Å². The van der Waals surface area contributed by atoms with Gasteiger partial charge in [-0.25, -0.2) is 14.8 Å². The van der Waals surface area contributed by atoms with Crippen LogP contribution in [0.4, 0.5) is 11.5 Å². The van der Waals surface area contributed by atoms with Crippen LogP contribution in [0.3, 0.4) is 0 Å². The van der Waals surface area contributed by atoms with Crippen molar-refractivity contribution in [1.82, 2.24) is 14.5 Å². The Kier molecular flexibility index (Phi) is 5.97. The zero-order chi connectivity index (χ0) is 24.3. The monoisotopic (exact) mass is 454 g/mol. The van der Waals surface area contributed by atoms with Crippen molar-refractivity contribution in [1.29, 1.82) is 5.26 Å². The highest BCUT2D eigenvalue weighted by Crippen LogP contribution is 2.23. The van der Waals surface area contributed by atoms with Crippen LogP contribution in [0.1, 0.15) is 28.7 Å². The first-order chi connectivity index (χ1) is 16.3. The largest absolute Gasteiger partial charge is 0.479 e. The number of anilines is 2. The molecule has 0 amide bonds. The van der Waals surface area contributed by atoms with E-state index in [1.165, 1.54) is 13.1 Å². The first-order valence-electron chi connectivity index (χ1n) is 10.5. The summed E-state index contributed by atoms with van der Waals surface area (Å²) in [6.07, 6.45) is 1.52. The van der Waals surface area contributed by atoms with Crippen molar-refractivity contribution in [2.75, 3.05) is 10.6 Å². The zero-order valence-electron chi connectivity index (χ0n) is 18.6. The summed E-state index contributed by atoms with van der Waals surface area (Å²) in [5.41, 5.74) is 1.14. The first-order valence-corrected chi connectivity index (χ1v) is 10.5. The smallest absolute Gasteiger partial charge is 0.337 e. The average molecular weight is 454 g/mol. The Morgan fingerprint density at radius 2 is 1.91 bits per heavy atom. The Labute approximate surface area is 195 Å². The number of ketones is 1. The Hall–Kier alpha value is -4.71. The van der Waals surface area contributed by atoms with E-state index in [2.05, 4.69) is 26.7 Å². The quantitative estimate of drug-likeness (QED) is 0.272. The third kappa shape index (κ3) is 4.29. The number of carbonyl (C=O) groups is 2. The number of aromatic nitrogens is 3. The predicted octanol–water partition coefficient (Wildman–Crippen LogP) is 3.59. The second-order valence-corrected chi connectivity index (χ2v) is 7.93. The Morgan fingerprint density at radius 3 is 2.56 bits per heavy atom. The SMILES string of the molecule is Cn1c(CNc2ccc(C#N)cc2)nc2cc(C(=O)C(C)(Nc3ccccn3)C(=O)O)ccc21. The van der Waals surface area contributed by atoms with Crippen LogP contribution in [0.15, 0.2) is 66.9 Å². The zero-order valence-corrected chi connectivity index (χ0v) is 18.6. The number of carbonyl (C=O) groups excluding carboxylic acids is 1. The summed E-state index contributed by atoms with van der Waals surface area (Å²) in [6, 6.07) is 19.1. The third-order valence-corrected chi connectivity index (χ3v) is 5.63. The summed E-state index contributed by atoms with van der Waals surface area (Å²) in [7, 11) is 1.87. The summed E-state index contributed by atoms with van der Waals surface area (Å²) >= 11 is 0. The van der Waals surface area contributed by atoms with E-state index in [1.807, 2.05) is 23.7 Å². The molecule has 0 fully saturated rings. The number of nitrogens with zero attached hydrogens (tertiary/aromatic N) is 4. The summed E-state index contributed by atoms with van der Waals surface area (Å²) in [5.74, 6) is -0.889. The molecule has 4 rings (SSSR count). The van der Waals surface area contributed by atoms with Crippen molar-refractivity contribution >= 4 is 34.3 Å². The van der Waals surface area contributed by atoms with Gasteiger partial charge in [0.2, 0.25) is 0 Å². The number of benzene rings is 2. The van der Waals surface area contributed by atoms with E-state index < -0.39 is 17.3 Å². The Balaban J connectivity index is 1.59. The van der Waals surface area contributed by atoms with Crippen LogP contribution in [-0.4, -0.2) is 36.9 Å². The molecule has 0 aliphatic rings. The lowest BCUT2D eigenvalue weighted by atomic mass is 9.91. The summed E-state index contributed by atoms with van der Waals surface area (Å²) in [5, 5.41) is 24.8. The highest BCUT2D eigenvalue weighted by molar-refractivity contribution is 6.18. The summed E-state index contributed by atoms with van der Waals surface area (Å²) in [6.45, 7) is 1.75. The number of pyridine rings is 1. The van der Waals surface area contributed by atoms with Gasteiger partial charge in [0.1, 0.15) is 11.6 Å². The predicted molar refractivity (Wildman–Crippen MR) is 127 cm³/mol. The molecular formula is C25H22N6O3. The topological polar surface area (TPSA) is 133 Å². The molecule has 2 aromatic heterocycles. The number of fused-ring (bicyclic) bond motifs is 1. The maximum Gasteiger partial charge on any atom is 0.337 e. The molecule has 1 unspecified atom stereocenters. The molecule has 0 spiro atoms. The number of carboxylic acid groups (broad SMARTS) is 1. The molecule has 3 N–H and O–H groups in total. The van der Waals surface area contributed by atoms with Gasteiger partial charge in [-0.1, -0.05) is 6.07 Å². The van der Waals surface area contributed by atoms with Gasteiger partial charge in [0, 0.05) is 24.5 Å². The lowest BCUT2D eigenvalue weighted by Crippen LogP contribution is -2.51. The van der Waals surface area contributed by atoms with Gasteiger partial charge in [0.05, 0.1) is 29.2 Å². The normalized spacial score (nSPS) is 12.5. The van der Waals surface area contributed by atoms with Crippen molar-refractivity contribution in [3.05, 3.63) is 83.8 Å². The number of hydrogen-bond donors (Lipinski definition) is 3. The highest BCUT2D eigenvalue weighted by Gasteiger charge is 2.42. The van der Waals surface area contributed by atoms with E-state index in [0.717, 1.165) is 17.0 Å². The minimum Gasteiger partial charge on any atom is -0.479 e. The van der Waals surface area contributed by atoms with E-state index in [-0.39, 0.29) is 11.4 Å². The van der Waals surface area contributed by atoms with Gasteiger partial charge < -0.3 is 20.3 Å². The van der Waals surface area contributed by atoms with Crippen LogP contribution in [0.2, 0.25) is 0 Å². The van der Waals surface area contributed by atoms with Gasteiger partial charge >= 0.3 is 5.97 Å². The molecular weight excluding hydrogens is 432 g/mol. The standard InChI is InChI=1S/C25H22N6O3/c1-25(24(33)34,30-21-5-3-4-12-27-21)23(32)17-8-11-20-19(13-17)29-22(31(20)2)15-28-18-9-6-16(14-26)7-10-18/h3-13,28H,15H2,1-2H3,(H,27,30)(H,33,34). The molecule has 9 heteroatoms. The second kappa shape index (κ2) is 9.03. The minimum atomic E-state index is -1.91. The van der Waals surface area contributed by atoms with Crippen LogP contribution in [0.5, 0.6) is 0 Å². The summed E-state index contributed by atoms with van der Waals surface area (Å²) < 4.78 is 1.91. The lowest BCUT2D eigenvalue weighted by Gasteiger charge is -2.25. The molecule has 34 heavy (non-hydrogen) atoms. The van der Waals surface area contributed by atoms with Crippen LogP contribution >= 0.6 is 0 Å². The molecule has 0 saturated heterocycles. The van der Waals surface area contributed by atoms with Gasteiger partial charge in [0.25, 0.3) is 0 Å². The van der Waals surface area contributed by atoms with Crippen molar-refractivity contribution < 1.29 is 14.7 Å². The number of hydrogen-bond acceptors (Lipinski definition) is 7. The van der Waals surface area contributed by atoms with Crippen molar-refractivity contribution in [3.8, 4) is 6.07 Å². The fourth-order valence-electron chi connectivity index (χ4n) is 3.58. The molecule has 2 heterocycles. The molecule has 0 aliphatic heterocycles. The van der Waals surface area contributed by atoms with Crippen molar-refractivity contribution in [3.63, 3.8) is 0 Å².